The third kappa shape index (κ3) is 4.82. The number of nitrogens with one attached hydrogen (secondary N) is 2. The Morgan fingerprint density at radius 3 is 2.48 bits per heavy atom. The lowest BCUT2D eigenvalue weighted by atomic mass is 10.1. The zero-order chi connectivity index (χ0) is 20.0. The quantitative estimate of drug-likeness (QED) is 0.483. The first-order valence-corrected chi connectivity index (χ1v) is 8.52. The molecule has 27 heavy (non-hydrogen) atoms. The Labute approximate surface area is 157 Å². The monoisotopic (exact) mass is 368 g/mol. The summed E-state index contributed by atoms with van der Waals surface area (Å²) in [5.74, 6) is -1.80. The second-order valence-corrected chi connectivity index (χ2v) is 6.06. The molecule has 1 heterocycles. The number of amides is 2. The molecule has 2 aromatic rings. The number of hydrogen-bond acceptors (Lipinski definition) is 3. The number of aryl methyl sites for hydroxylation is 1. The van der Waals surface area contributed by atoms with Gasteiger partial charge in [-0.05, 0) is 62.2 Å². The number of hydrogen-bond donors (Lipinski definition) is 2. The molecule has 2 N–H and O–H groups in total. The number of carbonyl (C=O) groups excluding carboxylic acids is 2. The van der Waals surface area contributed by atoms with E-state index in [1.807, 2.05) is 26.0 Å². The minimum Gasteiger partial charge on any atom is -0.349 e. The molecule has 0 radical (unpaired) electrons. The van der Waals surface area contributed by atoms with Gasteiger partial charge < -0.3 is 4.57 Å². The molecule has 0 atom stereocenters. The summed E-state index contributed by atoms with van der Waals surface area (Å²) in [6, 6.07) is 8.63. The summed E-state index contributed by atoms with van der Waals surface area (Å²) in [6.07, 6.45) is 2.47. The average molecular weight is 368 g/mol. The summed E-state index contributed by atoms with van der Waals surface area (Å²) in [4.78, 5) is 24.2. The van der Waals surface area contributed by atoms with Crippen LogP contribution in [-0.2, 0) is 11.3 Å². The van der Waals surface area contributed by atoms with E-state index in [4.69, 9.17) is 0 Å². The van der Waals surface area contributed by atoms with Crippen molar-refractivity contribution in [2.75, 3.05) is 0 Å². The SMILES string of the molecule is CCCn1c(C)cc(C=C(C#N)C(=O)NNC(=O)c2ccc(F)cc2)c1C. The largest absolute Gasteiger partial charge is 0.349 e. The van der Waals surface area contributed by atoms with Crippen molar-refractivity contribution in [3.05, 3.63) is 64.2 Å². The second kappa shape index (κ2) is 8.81. The number of carbonyl (C=O) groups is 2. The first-order valence-electron chi connectivity index (χ1n) is 8.52. The van der Waals surface area contributed by atoms with Crippen LogP contribution in [0.3, 0.4) is 0 Å². The van der Waals surface area contributed by atoms with E-state index in [2.05, 4.69) is 22.3 Å². The van der Waals surface area contributed by atoms with Crippen molar-refractivity contribution >= 4 is 17.9 Å². The number of rotatable bonds is 5. The molecule has 7 heteroatoms. The van der Waals surface area contributed by atoms with Crippen molar-refractivity contribution < 1.29 is 14.0 Å². The first-order chi connectivity index (χ1) is 12.9. The van der Waals surface area contributed by atoms with Crippen LogP contribution < -0.4 is 10.9 Å². The van der Waals surface area contributed by atoms with Gasteiger partial charge in [0, 0.05) is 23.5 Å². The van der Waals surface area contributed by atoms with Crippen LogP contribution in [0.25, 0.3) is 6.08 Å². The van der Waals surface area contributed by atoms with E-state index in [9.17, 15) is 19.2 Å². The Kier molecular flexibility index (Phi) is 6.50. The summed E-state index contributed by atoms with van der Waals surface area (Å²) in [5.41, 5.74) is 7.25. The highest BCUT2D eigenvalue weighted by Gasteiger charge is 2.14. The molecular formula is C20H21FN4O2. The summed E-state index contributed by atoms with van der Waals surface area (Å²) in [7, 11) is 0. The van der Waals surface area contributed by atoms with E-state index >= 15 is 0 Å². The van der Waals surface area contributed by atoms with E-state index in [1.165, 1.54) is 18.2 Å². The van der Waals surface area contributed by atoms with Crippen LogP contribution in [0.5, 0.6) is 0 Å². The molecule has 1 aromatic heterocycles. The summed E-state index contributed by atoms with van der Waals surface area (Å²) < 4.78 is 15.0. The normalized spacial score (nSPS) is 11.0. The number of nitrogens with zero attached hydrogens (tertiary/aromatic N) is 2. The molecule has 2 amide bonds. The van der Waals surface area contributed by atoms with Gasteiger partial charge >= 0.3 is 0 Å². The van der Waals surface area contributed by atoms with Crippen LogP contribution in [-0.4, -0.2) is 16.4 Å². The topological polar surface area (TPSA) is 86.9 Å². The van der Waals surface area contributed by atoms with Crippen molar-refractivity contribution in [2.24, 2.45) is 0 Å². The van der Waals surface area contributed by atoms with E-state index in [-0.39, 0.29) is 11.1 Å². The molecule has 2 rings (SSSR count). The molecule has 0 saturated heterocycles. The molecule has 140 valence electrons. The van der Waals surface area contributed by atoms with Gasteiger partial charge in [0.15, 0.2) is 0 Å². The molecular weight excluding hydrogens is 347 g/mol. The smallest absolute Gasteiger partial charge is 0.280 e. The van der Waals surface area contributed by atoms with Gasteiger partial charge in [-0.25, -0.2) is 4.39 Å². The molecule has 0 aliphatic carbocycles. The van der Waals surface area contributed by atoms with Crippen LogP contribution in [0.15, 0.2) is 35.9 Å². The number of aromatic nitrogens is 1. The molecule has 0 aliphatic heterocycles. The van der Waals surface area contributed by atoms with Crippen molar-refractivity contribution in [2.45, 2.75) is 33.7 Å². The number of hydrazine groups is 1. The van der Waals surface area contributed by atoms with Crippen LogP contribution in [0.2, 0.25) is 0 Å². The van der Waals surface area contributed by atoms with Crippen LogP contribution >= 0.6 is 0 Å². The Balaban J connectivity index is 2.11. The maximum atomic E-state index is 12.9. The fraction of sp³-hybridized carbons (Fsp3) is 0.250. The van der Waals surface area contributed by atoms with Crippen molar-refractivity contribution in [3.8, 4) is 6.07 Å². The van der Waals surface area contributed by atoms with Gasteiger partial charge in [0.25, 0.3) is 11.8 Å². The lowest BCUT2D eigenvalue weighted by molar-refractivity contribution is -0.117. The fourth-order valence-electron chi connectivity index (χ4n) is 2.70. The third-order valence-electron chi connectivity index (χ3n) is 4.12. The first kappa shape index (κ1) is 19.9. The van der Waals surface area contributed by atoms with E-state index < -0.39 is 17.6 Å². The van der Waals surface area contributed by atoms with E-state index in [1.54, 1.807) is 0 Å². The molecule has 0 unspecified atom stereocenters. The Hall–Kier alpha value is -3.40. The van der Waals surface area contributed by atoms with Gasteiger partial charge in [-0.3, -0.25) is 20.4 Å². The van der Waals surface area contributed by atoms with Gasteiger partial charge in [-0.1, -0.05) is 6.92 Å². The zero-order valence-corrected chi connectivity index (χ0v) is 15.5. The van der Waals surface area contributed by atoms with E-state index in [0.29, 0.717) is 0 Å². The van der Waals surface area contributed by atoms with Crippen molar-refractivity contribution in [1.29, 1.82) is 5.26 Å². The van der Waals surface area contributed by atoms with E-state index in [0.717, 1.165) is 42.0 Å². The molecule has 0 aliphatic rings. The highest BCUT2D eigenvalue weighted by atomic mass is 19.1. The van der Waals surface area contributed by atoms with Gasteiger partial charge in [-0.2, -0.15) is 5.26 Å². The van der Waals surface area contributed by atoms with Crippen molar-refractivity contribution in [1.82, 2.24) is 15.4 Å². The Morgan fingerprint density at radius 2 is 1.89 bits per heavy atom. The maximum Gasteiger partial charge on any atom is 0.280 e. The number of halogens is 1. The number of nitriles is 1. The van der Waals surface area contributed by atoms with Crippen LogP contribution in [0, 0.1) is 31.0 Å². The molecule has 6 nitrogen and oxygen atoms in total. The van der Waals surface area contributed by atoms with Gasteiger partial charge in [0.05, 0.1) is 0 Å². The Bertz CT molecular complexity index is 921. The lowest BCUT2D eigenvalue weighted by Gasteiger charge is -2.08. The van der Waals surface area contributed by atoms with Crippen molar-refractivity contribution in [3.63, 3.8) is 0 Å². The molecule has 1 aromatic carbocycles. The molecule has 0 bridgehead atoms. The average Bonchev–Trinajstić information content (AvgIpc) is 2.92. The standard InChI is InChI=1S/C20H21FN4O2/c1-4-9-25-13(2)10-16(14(25)3)11-17(12-22)20(27)24-23-19(26)15-5-7-18(21)8-6-15/h5-8,10-11H,4,9H2,1-3H3,(H,23,26)(H,24,27). The predicted molar refractivity (Wildman–Crippen MR) is 99.8 cm³/mol. The maximum absolute atomic E-state index is 12.9. The van der Waals surface area contributed by atoms with Gasteiger partial charge in [-0.15, -0.1) is 0 Å². The summed E-state index contributed by atoms with van der Waals surface area (Å²) in [5, 5.41) is 9.30. The number of benzene rings is 1. The zero-order valence-electron chi connectivity index (χ0n) is 15.5. The van der Waals surface area contributed by atoms with Gasteiger partial charge in [0.2, 0.25) is 0 Å². The summed E-state index contributed by atoms with van der Waals surface area (Å²) in [6.45, 7) is 6.83. The molecule has 0 saturated carbocycles. The van der Waals surface area contributed by atoms with Crippen LogP contribution in [0.4, 0.5) is 4.39 Å². The van der Waals surface area contributed by atoms with Gasteiger partial charge in [0.1, 0.15) is 17.5 Å². The second-order valence-electron chi connectivity index (χ2n) is 6.06. The predicted octanol–water partition coefficient (Wildman–Crippen LogP) is 3.02. The third-order valence-corrected chi connectivity index (χ3v) is 4.12. The molecule has 0 fully saturated rings. The molecule has 0 spiro atoms. The minimum absolute atomic E-state index is 0.133. The minimum atomic E-state index is -0.728. The highest BCUT2D eigenvalue weighted by Crippen LogP contribution is 2.18. The fourth-order valence-corrected chi connectivity index (χ4v) is 2.70. The Morgan fingerprint density at radius 1 is 1.22 bits per heavy atom. The summed E-state index contributed by atoms with van der Waals surface area (Å²) >= 11 is 0. The van der Waals surface area contributed by atoms with Crippen LogP contribution in [0.1, 0.15) is 40.7 Å². The lowest BCUT2D eigenvalue weighted by Crippen LogP contribution is -2.42. The highest BCUT2D eigenvalue weighted by molar-refractivity contribution is 6.03.